The predicted octanol–water partition coefficient (Wildman–Crippen LogP) is 0.787. The Hall–Kier alpha value is -2.35. The van der Waals surface area contributed by atoms with Gasteiger partial charge in [-0.05, 0) is 30.7 Å². The highest BCUT2D eigenvalue weighted by Gasteiger charge is 2.33. The van der Waals surface area contributed by atoms with Crippen LogP contribution in [-0.2, 0) is 9.59 Å². The zero-order valence-electron chi connectivity index (χ0n) is 9.80. The van der Waals surface area contributed by atoms with Crippen molar-refractivity contribution in [1.82, 2.24) is 0 Å². The highest BCUT2D eigenvalue weighted by molar-refractivity contribution is 5.99. The number of nitrogens with zero attached hydrogens (tertiary/aromatic N) is 2. The summed E-state index contributed by atoms with van der Waals surface area (Å²) < 4.78 is 0. The Labute approximate surface area is 105 Å². The number of benzene rings is 1. The lowest BCUT2D eigenvalue weighted by Crippen LogP contribution is -2.28. The topological polar surface area (TPSA) is 87.2 Å². The normalized spacial score (nSPS) is 18.7. The second-order valence-corrected chi connectivity index (χ2v) is 4.30. The Morgan fingerprint density at radius 1 is 1.44 bits per heavy atom. The Morgan fingerprint density at radius 2 is 2.11 bits per heavy atom. The van der Waals surface area contributed by atoms with Crippen molar-refractivity contribution in [2.75, 3.05) is 11.4 Å². The lowest BCUT2D eigenvalue weighted by atomic mass is 10.0. The van der Waals surface area contributed by atoms with Crippen LogP contribution in [0, 0.1) is 17.2 Å². The van der Waals surface area contributed by atoms with E-state index in [2.05, 4.69) is 0 Å². The standard InChI is InChI=1S/C13H13N3O2/c14-8-9-1-3-11(4-2-9)16-6-5-10(13(16)18)7-12(15)17/h1-4,10H,5-7H2,(H2,15,17). The first-order valence-electron chi connectivity index (χ1n) is 5.71. The highest BCUT2D eigenvalue weighted by atomic mass is 16.2. The van der Waals surface area contributed by atoms with E-state index in [1.807, 2.05) is 6.07 Å². The smallest absolute Gasteiger partial charge is 0.230 e. The predicted molar refractivity (Wildman–Crippen MR) is 65.4 cm³/mol. The molecule has 5 nitrogen and oxygen atoms in total. The van der Waals surface area contributed by atoms with Gasteiger partial charge in [-0.15, -0.1) is 0 Å². The maximum atomic E-state index is 12.0. The first kappa shape index (κ1) is 12.1. The summed E-state index contributed by atoms with van der Waals surface area (Å²) in [6, 6.07) is 8.85. The number of carbonyl (C=O) groups excluding carboxylic acids is 2. The number of anilines is 1. The molecule has 2 amide bonds. The lowest BCUT2D eigenvalue weighted by Gasteiger charge is -2.16. The van der Waals surface area contributed by atoms with Gasteiger partial charge in [-0.3, -0.25) is 9.59 Å². The molecular weight excluding hydrogens is 230 g/mol. The van der Waals surface area contributed by atoms with Crippen LogP contribution in [0.2, 0.25) is 0 Å². The fraction of sp³-hybridized carbons (Fsp3) is 0.308. The molecular formula is C13H13N3O2. The van der Waals surface area contributed by atoms with Crippen molar-refractivity contribution in [2.45, 2.75) is 12.8 Å². The van der Waals surface area contributed by atoms with E-state index in [1.54, 1.807) is 29.2 Å². The number of amides is 2. The Bertz CT molecular complexity index is 516. The molecule has 0 aromatic heterocycles. The van der Waals surface area contributed by atoms with Crippen molar-refractivity contribution >= 4 is 17.5 Å². The third-order valence-corrected chi connectivity index (χ3v) is 3.07. The van der Waals surface area contributed by atoms with E-state index in [0.717, 1.165) is 5.69 Å². The van der Waals surface area contributed by atoms with E-state index in [0.29, 0.717) is 18.5 Å². The van der Waals surface area contributed by atoms with Crippen molar-refractivity contribution in [3.05, 3.63) is 29.8 Å². The molecule has 1 aromatic carbocycles. The molecule has 1 unspecified atom stereocenters. The summed E-state index contributed by atoms with van der Waals surface area (Å²) in [6.07, 6.45) is 0.743. The van der Waals surface area contributed by atoms with Gasteiger partial charge in [0.25, 0.3) is 0 Å². The molecule has 2 N–H and O–H groups in total. The van der Waals surface area contributed by atoms with Gasteiger partial charge in [0.05, 0.1) is 11.6 Å². The molecule has 1 aliphatic heterocycles. The third kappa shape index (κ3) is 2.33. The summed E-state index contributed by atoms with van der Waals surface area (Å²) >= 11 is 0. The highest BCUT2D eigenvalue weighted by Crippen LogP contribution is 2.27. The first-order valence-corrected chi connectivity index (χ1v) is 5.71. The van der Waals surface area contributed by atoms with Crippen molar-refractivity contribution in [3.8, 4) is 6.07 Å². The minimum Gasteiger partial charge on any atom is -0.370 e. The maximum Gasteiger partial charge on any atom is 0.230 e. The average Bonchev–Trinajstić information content (AvgIpc) is 2.71. The van der Waals surface area contributed by atoms with Crippen molar-refractivity contribution in [2.24, 2.45) is 11.7 Å². The zero-order valence-corrected chi connectivity index (χ0v) is 9.80. The summed E-state index contributed by atoms with van der Waals surface area (Å²) in [5.74, 6) is -0.827. The second kappa shape index (κ2) is 4.88. The molecule has 2 rings (SSSR count). The van der Waals surface area contributed by atoms with Crippen LogP contribution in [0.15, 0.2) is 24.3 Å². The largest absolute Gasteiger partial charge is 0.370 e. The fourth-order valence-corrected chi connectivity index (χ4v) is 2.14. The average molecular weight is 243 g/mol. The summed E-state index contributed by atoms with van der Waals surface area (Å²) in [7, 11) is 0. The number of hydrogen-bond donors (Lipinski definition) is 1. The van der Waals surface area contributed by atoms with E-state index < -0.39 is 5.91 Å². The van der Waals surface area contributed by atoms with E-state index in [-0.39, 0.29) is 18.2 Å². The first-order chi connectivity index (χ1) is 8.61. The van der Waals surface area contributed by atoms with Crippen LogP contribution in [-0.4, -0.2) is 18.4 Å². The monoisotopic (exact) mass is 243 g/mol. The van der Waals surface area contributed by atoms with Gasteiger partial charge >= 0.3 is 0 Å². The van der Waals surface area contributed by atoms with Crippen LogP contribution < -0.4 is 10.6 Å². The summed E-state index contributed by atoms with van der Waals surface area (Å²) in [6.45, 7) is 0.586. The Balaban J connectivity index is 2.13. The molecule has 1 saturated heterocycles. The number of rotatable bonds is 3. The molecule has 1 aliphatic rings. The molecule has 18 heavy (non-hydrogen) atoms. The second-order valence-electron chi connectivity index (χ2n) is 4.30. The maximum absolute atomic E-state index is 12.0. The number of carbonyl (C=O) groups is 2. The van der Waals surface area contributed by atoms with Crippen molar-refractivity contribution in [1.29, 1.82) is 5.26 Å². The molecule has 1 atom stereocenters. The van der Waals surface area contributed by atoms with Gasteiger partial charge in [-0.1, -0.05) is 0 Å². The van der Waals surface area contributed by atoms with Gasteiger partial charge in [0.2, 0.25) is 11.8 Å². The molecule has 0 aliphatic carbocycles. The number of primary amides is 1. The van der Waals surface area contributed by atoms with E-state index >= 15 is 0 Å². The molecule has 1 fully saturated rings. The van der Waals surface area contributed by atoms with Crippen molar-refractivity contribution < 1.29 is 9.59 Å². The van der Waals surface area contributed by atoms with Gasteiger partial charge in [0.15, 0.2) is 0 Å². The van der Waals surface area contributed by atoms with Gasteiger partial charge < -0.3 is 10.6 Å². The molecule has 0 bridgehead atoms. The summed E-state index contributed by atoms with van der Waals surface area (Å²) in [5, 5.41) is 8.71. The van der Waals surface area contributed by atoms with Crippen LogP contribution in [0.1, 0.15) is 18.4 Å². The summed E-state index contributed by atoms with van der Waals surface area (Å²) in [5.41, 5.74) is 6.42. The van der Waals surface area contributed by atoms with Gasteiger partial charge in [0, 0.05) is 24.6 Å². The molecule has 92 valence electrons. The molecule has 0 saturated carbocycles. The van der Waals surface area contributed by atoms with E-state index in [1.165, 1.54) is 0 Å². The van der Waals surface area contributed by atoms with Crippen LogP contribution in [0.25, 0.3) is 0 Å². The number of nitrogens with two attached hydrogens (primary N) is 1. The lowest BCUT2D eigenvalue weighted by molar-refractivity contribution is -0.125. The Morgan fingerprint density at radius 3 is 2.67 bits per heavy atom. The van der Waals surface area contributed by atoms with Gasteiger partial charge in [-0.25, -0.2) is 0 Å². The quantitative estimate of drug-likeness (QED) is 0.851. The third-order valence-electron chi connectivity index (χ3n) is 3.07. The summed E-state index contributed by atoms with van der Waals surface area (Å²) in [4.78, 5) is 24.5. The van der Waals surface area contributed by atoms with Crippen molar-refractivity contribution in [3.63, 3.8) is 0 Å². The van der Waals surface area contributed by atoms with Crippen LogP contribution in [0.4, 0.5) is 5.69 Å². The zero-order chi connectivity index (χ0) is 13.1. The molecule has 0 radical (unpaired) electrons. The van der Waals surface area contributed by atoms with Crippen LogP contribution in [0.3, 0.4) is 0 Å². The number of nitriles is 1. The number of hydrogen-bond acceptors (Lipinski definition) is 3. The molecule has 1 aromatic rings. The van der Waals surface area contributed by atoms with E-state index in [4.69, 9.17) is 11.0 Å². The van der Waals surface area contributed by atoms with Gasteiger partial charge in [-0.2, -0.15) is 5.26 Å². The van der Waals surface area contributed by atoms with Gasteiger partial charge in [0.1, 0.15) is 0 Å². The minimum atomic E-state index is -0.449. The fourth-order valence-electron chi connectivity index (χ4n) is 2.14. The van der Waals surface area contributed by atoms with Crippen LogP contribution >= 0.6 is 0 Å². The van der Waals surface area contributed by atoms with Crippen LogP contribution in [0.5, 0.6) is 0 Å². The molecule has 0 spiro atoms. The molecule has 5 heteroatoms. The minimum absolute atomic E-state index is 0.0708. The van der Waals surface area contributed by atoms with E-state index in [9.17, 15) is 9.59 Å². The molecule has 1 heterocycles. The SMILES string of the molecule is N#Cc1ccc(N2CCC(CC(N)=O)C2=O)cc1. The Kier molecular flexibility index (Phi) is 3.28.